The number of carboxylic acid groups (broad SMARTS) is 1. The van der Waals surface area contributed by atoms with Crippen molar-refractivity contribution >= 4 is 17.3 Å². The van der Waals surface area contributed by atoms with Crippen molar-refractivity contribution in [3.05, 3.63) is 16.1 Å². The fraction of sp³-hybridized carbons (Fsp3) is 0.556. The summed E-state index contributed by atoms with van der Waals surface area (Å²) in [5, 5.41) is 11.0. The largest absolute Gasteiger partial charge is 0.476 e. The van der Waals surface area contributed by atoms with Crippen molar-refractivity contribution in [1.82, 2.24) is 4.98 Å². The van der Waals surface area contributed by atoms with E-state index < -0.39 is 5.97 Å². The molecule has 1 N–H and O–H groups in total. The van der Waals surface area contributed by atoms with Gasteiger partial charge in [0.1, 0.15) is 11.1 Å². The van der Waals surface area contributed by atoms with Crippen molar-refractivity contribution in [1.29, 1.82) is 0 Å². The third-order valence-electron chi connectivity index (χ3n) is 1.84. The van der Waals surface area contributed by atoms with Crippen LogP contribution in [0.4, 0.5) is 0 Å². The molecule has 0 radical (unpaired) electrons. The molecule has 0 aliphatic rings. The van der Waals surface area contributed by atoms with Crippen LogP contribution in [-0.4, -0.2) is 23.2 Å². The number of rotatable bonds is 4. The van der Waals surface area contributed by atoms with Gasteiger partial charge in [-0.25, -0.2) is 9.78 Å². The molecule has 0 saturated heterocycles. The molecule has 1 heterocycles. The topological polar surface area (TPSA) is 59.4 Å². The molecule has 0 spiro atoms. The number of aromatic carboxylic acids is 1. The van der Waals surface area contributed by atoms with E-state index in [0.717, 1.165) is 5.01 Å². The highest BCUT2D eigenvalue weighted by Gasteiger charge is 2.20. The van der Waals surface area contributed by atoms with Gasteiger partial charge in [0.15, 0.2) is 5.69 Å². The molecule has 0 bridgehead atoms. The quantitative estimate of drug-likeness (QED) is 0.836. The lowest BCUT2D eigenvalue weighted by Gasteiger charge is -2.15. The summed E-state index contributed by atoms with van der Waals surface area (Å²) in [7, 11) is 1.60. The average molecular weight is 215 g/mol. The Morgan fingerprint density at radius 3 is 2.64 bits per heavy atom. The van der Waals surface area contributed by atoms with Crippen LogP contribution in [0.15, 0.2) is 5.38 Å². The summed E-state index contributed by atoms with van der Waals surface area (Å²) in [4.78, 5) is 14.6. The van der Waals surface area contributed by atoms with Crippen LogP contribution in [0.25, 0.3) is 0 Å². The zero-order valence-corrected chi connectivity index (χ0v) is 9.17. The van der Waals surface area contributed by atoms with Crippen LogP contribution in [0.1, 0.15) is 35.4 Å². The summed E-state index contributed by atoms with van der Waals surface area (Å²) in [5.41, 5.74) is 0.0905. The Balaban J connectivity index is 2.89. The minimum absolute atomic E-state index is 0.0905. The van der Waals surface area contributed by atoms with Crippen molar-refractivity contribution in [2.75, 3.05) is 7.11 Å². The average Bonchev–Trinajstić information content (AvgIpc) is 2.53. The second-order valence-corrected chi connectivity index (χ2v) is 4.17. The van der Waals surface area contributed by atoms with E-state index in [1.807, 2.05) is 13.8 Å². The summed E-state index contributed by atoms with van der Waals surface area (Å²) < 4.78 is 5.25. The van der Waals surface area contributed by atoms with E-state index in [2.05, 4.69) is 4.98 Å². The third-order valence-corrected chi connectivity index (χ3v) is 2.75. The highest BCUT2D eigenvalue weighted by Crippen LogP contribution is 2.27. The minimum atomic E-state index is -0.994. The van der Waals surface area contributed by atoms with Gasteiger partial charge in [-0.3, -0.25) is 0 Å². The zero-order valence-electron chi connectivity index (χ0n) is 8.35. The smallest absolute Gasteiger partial charge is 0.355 e. The molecule has 0 amide bonds. The van der Waals surface area contributed by atoms with Crippen molar-refractivity contribution in [3.63, 3.8) is 0 Å². The maximum Gasteiger partial charge on any atom is 0.355 e. The molecule has 1 atom stereocenters. The van der Waals surface area contributed by atoms with E-state index in [1.54, 1.807) is 7.11 Å². The van der Waals surface area contributed by atoms with E-state index in [0.29, 0.717) is 0 Å². The van der Waals surface area contributed by atoms with Crippen LogP contribution in [0.2, 0.25) is 0 Å². The molecule has 5 heteroatoms. The van der Waals surface area contributed by atoms with Crippen molar-refractivity contribution in [2.24, 2.45) is 5.92 Å². The lowest BCUT2D eigenvalue weighted by atomic mass is 10.1. The Morgan fingerprint density at radius 1 is 1.64 bits per heavy atom. The monoisotopic (exact) mass is 215 g/mol. The minimum Gasteiger partial charge on any atom is -0.476 e. The Bertz CT molecular complexity index is 322. The maximum atomic E-state index is 10.6. The first-order valence-electron chi connectivity index (χ1n) is 4.27. The first-order valence-corrected chi connectivity index (χ1v) is 5.15. The van der Waals surface area contributed by atoms with Gasteiger partial charge in [-0.1, -0.05) is 13.8 Å². The van der Waals surface area contributed by atoms with E-state index in [-0.39, 0.29) is 17.7 Å². The van der Waals surface area contributed by atoms with Crippen LogP contribution in [-0.2, 0) is 4.74 Å². The molecule has 0 aliphatic heterocycles. The predicted molar refractivity (Wildman–Crippen MR) is 53.7 cm³/mol. The summed E-state index contributed by atoms with van der Waals surface area (Å²) in [6.07, 6.45) is -0.118. The second kappa shape index (κ2) is 4.52. The van der Waals surface area contributed by atoms with Gasteiger partial charge in [0.05, 0.1) is 0 Å². The van der Waals surface area contributed by atoms with E-state index in [4.69, 9.17) is 9.84 Å². The molecule has 1 aromatic rings. The normalized spacial score (nSPS) is 13.1. The molecule has 78 valence electrons. The van der Waals surface area contributed by atoms with E-state index in [1.165, 1.54) is 16.7 Å². The summed E-state index contributed by atoms with van der Waals surface area (Å²) in [6, 6.07) is 0. The second-order valence-electron chi connectivity index (χ2n) is 3.28. The van der Waals surface area contributed by atoms with Gasteiger partial charge in [-0.2, -0.15) is 0 Å². The Labute approximate surface area is 86.6 Å². The molecular weight excluding hydrogens is 202 g/mol. The standard InChI is InChI=1S/C9H13NO3S/c1-5(2)7(13-3)8-10-6(4-14-8)9(11)12/h4-5,7H,1-3H3,(H,11,12). The van der Waals surface area contributed by atoms with Crippen LogP contribution < -0.4 is 0 Å². The zero-order chi connectivity index (χ0) is 10.7. The van der Waals surface area contributed by atoms with Crippen molar-refractivity contribution in [2.45, 2.75) is 20.0 Å². The van der Waals surface area contributed by atoms with Crippen LogP contribution in [0.5, 0.6) is 0 Å². The SMILES string of the molecule is COC(c1nc(C(=O)O)cs1)C(C)C. The molecule has 14 heavy (non-hydrogen) atoms. The maximum absolute atomic E-state index is 10.6. The van der Waals surface area contributed by atoms with Gasteiger partial charge in [0, 0.05) is 12.5 Å². The molecule has 0 fully saturated rings. The van der Waals surface area contributed by atoms with E-state index >= 15 is 0 Å². The van der Waals surface area contributed by atoms with Gasteiger partial charge in [0.25, 0.3) is 0 Å². The van der Waals surface area contributed by atoms with Crippen LogP contribution in [0, 0.1) is 5.92 Å². The molecular formula is C9H13NO3S. The summed E-state index contributed by atoms with van der Waals surface area (Å²) in [6.45, 7) is 4.02. The highest BCUT2D eigenvalue weighted by molar-refractivity contribution is 7.09. The first kappa shape index (κ1) is 11.1. The molecule has 1 rings (SSSR count). The fourth-order valence-corrected chi connectivity index (χ4v) is 2.21. The molecule has 1 aromatic heterocycles. The van der Waals surface area contributed by atoms with Gasteiger partial charge in [-0.15, -0.1) is 11.3 Å². The number of hydrogen-bond acceptors (Lipinski definition) is 4. The number of hydrogen-bond donors (Lipinski definition) is 1. The molecule has 0 aromatic carbocycles. The molecule has 0 aliphatic carbocycles. The fourth-order valence-electron chi connectivity index (χ4n) is 1.17. The van der Waals surface area contributed by atoms with Gasteiger partial charge < -0.3 is 9.84 Å². The number of thiazole rings is 1. The number of nitrogens with zero attached hydrogens (tertiary/aromatic N) is 1. The molecule has 4 nitrogen and oxygen atoms in total. The lowest BCUT2D eigenvalue weighted by molar-refractivity contribution is 0.0629. The number of aromatic nitrogens is 1. The van der Waals surface area contributed by atoms with Crippen LogP contribution >= 0.6 is 11.3 Å². The van der Waals surface area contributed by atoms with Gasteiger partial charge in [0.2, 0.25) is 0 Å². The van der Waals surface area contributed by atoms with Crippen LogP contribution in [0.3, 0.4) is 0 Å². The number of methoxy groups -OCH3 is 1. The molecule has 1 unspecified atom stereocenters. The summed E-state index contributed by atoms with van der Waals surface area (Å²) in [5.74, 6) is -0.709. The van der Waals surface area contributed by atoms with Gasteiger partial charge >= 0.3 is 5.97 Å². The Morgan fingerprint density at radius 2 is 2.29 bits per heavy atom. The van der Waals surface area contributed by atoms with Crippen molar-refractivity contribution in [3.8, 4) is 0 Å². The first-order chi connectivity index (χ1) is 6.56. The number of carbonyl (C=O) groups is 1. The van der Waals surface area contributed by atoms with Gasteiger partial charge in [-0.05, 0) is 5.92 Å². The molecule has 0 saturated carbocycles. The van der Waals surface area contributed by atoms with E-state index in [9.17, 15) is 4.79 Å². The lowest BCUT2D eigenvalue weighted by Crippen LogP contribution is -2.09. The van der Waals surface area contributed by atoms with Crippen molar-refractivity contribution < 1.29 is 14.6 Å². The number of ether oxygens (including phenoxy) is 1. The highest BCUT2D eigenvalue weighted by atomic mass is 32.1. The Hall–Kier alpha value is -0.940. The summed E-state index contributed by atoms with van der Waals surface area (Å²) >= 11 is 1.32. The Kier molecular flexibility index (Phi) is 3.60. The number of carboxylic acids is 1. The third kappa shape index (κ3) is 2.30. The predicted octanol–water partition coefficient (Wildman–Crippen LogP) is 2.18.